The summed E-state index contributed by atoms with van der Waals surface area (Å²) in [7, 11) is 0. The number of rotatable bonds is 6. The quantitative estimate of drug-likeness (QED) is 0.399. The first-order valence-electron chi connectivity index (χ1n) is 8.97. The van der Waals surface area contributed by atoms with Gasteiger partial charge in [-0.1, -0.05) is 15.9 Å². The number of anilines is 1. The Morgan fingerprint density at radius 3 is 2.79 bits per heavy atom. The average molecular weight is 474 g/mol. The number of hydrogen-bond acceptors (Lipinski definition) is 4. The smallest absolute Gasteiger partial charge is 0.230 e. The van der Waals surface area contributed by atoms with Crippen molar-refractivity contribution in [3.05, 3.63) is 70.0 Å². The molecule has 4 rings (SSSR count). The Balaban J connectivity index is 1.52. The van der Waals surface area contributed by atoms with Gasteiger partial charge in [-0.15, -0.1) is 11.3 Å². The summed E-state index contributed by atoms with van der Waals surface area (Å²) in [5.41, 5.74) is 2.74. The van der Waals surface area contributed by atoms with Gasteiger partial charge in [-0.2, -0.15) is 0 Å². The first-order chi connectivity index (χ1) is 14.0. The lowest BCUT2D eigenvalue weighted by Gasteiger charge is -2.06. The topological polar surface area (TPSA) is 55.6 Å². The molecular weight excluding hydrogens is 457 g/mol. The molecular formula is C21H17BrFN3O2S. The van der Waals surface area contributed by atoms with E-state index in [0.29, 0.717) is 11.1 Å². The van der Waals surface area contributed by atoms with Crippen LogP contribution < -0.4 is 10.1 Å². The number of imidazole rings is 1. The average Bonchev–Trinajstić information content (AvgIpc) is 3.27. The molecule has 29 heavy (non-hydrogen) atoms. The molecule has 8 heteroatoms. The highest BCUT2D eigenvalue weighted by Gasteiger charge is 2.14. The van der Waals surface area contributed by atoms with E-state index in [1.807, 2.05) is 47.2 Å². The Bertz CT molecular complexity index is 1170. The molecule has 148 valence electrons. The van der Waals surface area contributed by atoms with Gasteiger partial charge in [0.15, 0.2) is 4.96 Å². The van der Waals surface area contributed by atoms with Crippen LogP contribution in [0, 0.1) is 5.82 Å². The Hall–Kier alpha value is -2.71. The molecule has 0 atom stereocenters. The standard InChI is InChI=1S/C21H17BrFN3O2S/c1-2-28-16-6-3-13(4-7-16)19-11-26-15(12-29-21(26)25-19)10-20(27)24-18-8-5-14(22)9-17(18)23/h3-9,11-12H,2,10H2,1H3,(H,24,27). The maximum Gasteiger partial charge on any atom is 0.230 e. The summed E-state index contributed by atoms with van der Waals surface area (Å²) in [6.07, 6.45) is 2.03. The molecule has 2 aromatic carbocycles. The summed E-state index contributed by atoms with van der Waals surface area (Å²) >= 11 is 4.66. The molecule has 0 aliphatic rings. The van der Waals surface area contributed by atoms with Crippen molar-refractivity contribution in [3.63, 3.8) is 0 Å². The number of aromatic nitrogens is 2. The van der Waals surface area contributed by atoms with E-state index in [2.05, 4.69) is 26.2 Å². The number of halogens is 2. The zero-order valence-corrected chi connectivity index (χ0v) is 17.9. The minimum Gasteiger partial charge on any atom is -0.494 e. The van der Waals surface area contributed by atoms with Gasteiger partial charge in [0.2, 0.25) is 5.91 Å². The summed E-state index contributed by atoms with van der Waals surface area (Å²) in [4.78, 5) is 17.8. The van der Waals surface area contributed by atoms with Crippen LogP contribution in [-0.4, -0.2) is 21.9 Å². The predicted molar refractivity (Wildman–Crippen MR) is 116 cm³/mol. The van der Waals surface area contributed by atoms with Crippen LogP contribution in [0.2, 0.25) is 0 Å². The van der Waals surface area contributed by atoms with Crippen LogP contribution in [0.4, 0.5) is 10.1 Å². The van der Waals surface area contributed by atoms with Gasteiger partial charge >= 0.3 is 0 Å². The molecule has 0 saturated heterocycles. The number of thiazole rings is 1. The van der Waals surface area contributed by atoms with Gasteiger partial charge in [-0.3, -0.25) is 9.20 Å². The number of hydrogen-bond donors (Lipinski definition) is 1. The zero-order chi connectivity index (χ0) is 20.4. The highest BCUT2D eigenvalue weighted by Crippen LogP contribution is 2.26. The lowest BCUT2D eigenvalue weighted by molar-refractivity contribution is -0.115. The minimum absolute atomic E-state index is 0.120. The molecule has 5 nitrogen and oxygen atoms in total. The maximum absolute atomic E-state index is 13.9. The predicted octanol–water partition coefficient (Wildman–Crippen LogP) is 5.54. The number of ether oxygens (including phenoxy) is 1. The van der Waals surface area contributed by atoms with Gasteiger partial charge in [0, 0.05) is 27.3 Å². The number of nitrogens with zero attached hydrogens (tertiary/aromatic N) is 2. The number of nitrogens with one attached hydrogen (secondary N) is 1. The molecule has 0 aliphatic heterocycles. The van der Waals surface area contributed by atoms with Gasteiger partial charge < -0.3 is 10.1 Å². The Morgan fingerprint density at radius 2 is 2.07 bits per heavy atom. The normalized spacial score (nSPS) is 11.0. The molecule has 2 heterocycles. The van der Waals surface area contributed by atoms with E-state index in [0.717, 1.165) is 27.7 Å². The summed E-state index contributed by atoms with van der Waals surface area (Å²) in [5.74, 6) is 0.0423. The van der Waals surface area contributed by atoms with Gasteiger partial charge in [0.1, 0.15) is 11.6 Å². The van der Waals surface area contributed by atoms with E-state index in [-0.39, 0.29) is 18.0 Å². The van der Waals surface area contributed by atoms with Crippen molar-refractivity contribution in [1.29, 1.82) is 0 Å². The zero-order valence-electron chi connectivity index (χ0n) is 15.5. The molecule has 0 saturated carbocycles. The molecule has 0 unspecified atom stereocenters. The molecule has 0 radical (unpaired) electrons. The Labute approximate surface area is 179 Å². The molecule has 0 fully saturated rings. The molecule has 1 N–H and O–H groups in total. The van der Waals surface area contributed by atoms with Crippen molar-refractivity contribution in [2.75, 3.05) is 11.9 Å². The number of fused-ring (bicyclic) bond motifs is 1. The summed E-state index contributed by atoms with van der Waals surface area (Å²) in [6.45, 7) is 2.56. The van der Waals surface area contributed by atoms with Gasteiger partial charge in [0.25, 0.3) is 0 Å². The Morgan fingerprint density at radius 1 is 1.28 bits per heavy atom. The van der Waals surface area contributed by atoms with E-state index < -0.39 is 5.82 Å². The molecule has 0 spiro atoms. The van der Waals surface area contributed by atoms with Crippen LogP contribution in [-0.2, 0) is 11.2 Å². The van der Waals surface area contributed by atoms with Crippen molar-refractivity contribution in [3.8, 4) is 17.0 Å². The second kappa shape index (κ2) is 8.34. The van der Waals surface area contributed by atoms with Crippen LogP contribution in [0.3, 0.4) is 0 Å². The molecule has 1 amide bonds. The highest BCUT2D eigenvalue weighted by molar-refractivity contribution is 9.10. The van der Waals surface area contributed by atoms with Gasteiger partial charge in [-0.05, 0) is 49.4 Å². The third-order valence-electron chi connectivity index (χ3n) is 4.29. The van der Waals surface area contributed by atoms with Crippen molar-refractivity contribution < 1.29 is 13.9 Å². The van der Waals surface area contributed by atoms with E-state index in [4.69, 9.17) is 4.74 Å². The summed E-state index contributed by atoms with van der Waals surface area (Å²) < 4.78 is 21.9. The fourth-order valence-corrected chi connectivity index (χ4v) is 4.14. The maximum atomic E-state index is 13.9. The second-order valence-electron chi connectivity index (χ2n) is 6.31. The van der Waals surface area contributed by atoms with Crippen molar-refractivity contribution in [1.82, 2.24) is 9.38 Å². The second-order valence-corrected chi connectivity index (χ2v) is 8.06. The van der Waals surface area contributed by atoms with Crippen LogP contribution in [0.15, 0.2) is 58.5 Å². The summed E-state index contributed by atoms with van der Waals surface area (Å²) in [6, 6.07) is 12.3. The minimum atomic E-state index is -0.483. The first-order valence-corrected chi connectivity index (χ1v) is 10.6. The third-order valence-corrected chi connectivity index (χ3v) is 5.67. The monoisotopic (exact) mass is 473 g/mol. The molecule has 0 bridgehead atoms. The van der Waals surface area contributed by atoms with E-state index in [1.54, 1.807) is 6.07 Å². The largest absolute Gasteiger partial charge is 0.494 e. The lowest BCUT2D eigenvalue weighted by atomic mass is 10.1. The third kappa shape index (κ3) is 4.33. The van der Waals surface area contributed by atoms with E-state index in [9.17, 15) is 9.18 Å². The number of carbonyl (C=O) groups is 1. The summed E-state index contributed by atoms with van der Waals surface area (Å²) in [5, 5.41) is 4.51. The van der Waals surface area contributed by atoms with Crippen molar-refractivity contribution in [2.24, 2.45) is 0 Å². The molecule has 4 aromatic rings. The Kier molecular flexibility index (Phi) is 5.64. The van der Waals surface area contributed by atoms with Crippen LogP contribution >= 0.6 is 27.3 Å². The molecule has 0 aliphatic carbocycles. The number of benzene rings is 2. The van der Waals surface area contributed by atoms with Gasteiger partial charge in [-0.25, -0.2) is 9.37 Å². The number of amides is 1. The SMILES string of the molecule is CCOc1ccc(-c2cn3c(CC(=O)Nc4ccc(Br)cc4F)csc3n2)cc1. The molecule has 2 aromatic heterocycles. The fraction of sp³-hybridized carbons (Fsp3) is 0.143. The van der Waals surface area contributed by atoms with Crippen LogP contribution in [0.5, 0.6) is 5.75 Å². The van der Waals surface area contributed by atoms with Crippen LogP contribution in [0.1, 0.15) is 12.6 Å². The highest BCUT2D eigenvalue weighted by atomic mass is 79.9. The fourth-order valence-electron chi connectivity index (χ4n) is 2.93. The lowest BCUT2D eigenvalue weighted by Crippen LogP contribution is -2.16. The van der Waals surface area contributed by atoms with Crippen molar-refractivity contribution in [2.45, 2.75) is 13.3 Å². The van der Waals surface area contributed by atoms with Crippen LogP contribution in [0.25, 0.3) is 16.2 Å². The van der Waals surface area contributed by atoms with Crippen molar-refractivity contribution >= 4 is 43.8 Å². The first kappa shape index (κ1) is 19.6. The van der Waals surface area contributed by atoms with E-state index >= 15 is 0 Å². The number of carbonyl (C=O) groups excluding carboxylic acids is 1. The van der Waals surface area contributed by atoms with E-state index in [1.165, 1.54) is 23.5 Å². The van der Waals surface area contributed by atoms with Gasteiger partial charge in [0.05, 0.1) is 24.4 Å².